The van der Waals surface area contributed by atoms with Crippen LogP contribution in [0.2, 0.25) is 0 Å². The van der Waals surface area contributed by atoms with Crippen LogP contribution in [-0.4, -0.2) is 74.6 Å². The van der Waals surface area contributed by atoms with E-state index in [1.165, 1.54) is 11.1 Å². The molecule has 216 valence electrons. The maximum Gasteiger partial charge on any atom is 0.167 e. The zero-order valence-electron chi connectivity index (χ0n) is 25.2. The molecular weight excluding hydrogens is 512 g/mol. The van der Waals surface area contributed by atoms with Crippen molar-refractivity contribution < 1.29 is 14.3 Å². The Morgan fingerprint density at radius 2 is 1.71 bits per heavy atom. The lowest BCUT2D eigenvalue weighted by Crippen LogP contribution is -2.49. The lowest BCUT2D eigenvalue weighted by molar-refractivity contribution is -0.128. The largest absolute Gasteiger partial charge is 0.497 e. The number of piperazine rings is 1. The molecule has 2 aliphatic rings. The van der Waals surface area contributed by atoms with Crippen LogP contribution >= 0.6 is 0 Å². The Balaban J connectivity index is 1.63. The van der Waals surface area contributed by atoms with Crippen LogP contribution in [0.15, 0.2) is 66.2 Å². The summed E-state index contributed by atoms with van der Waals surface area (Å²) >= 11 is 0. The number of rotatable bonds is 7. The van der Waals surface area contributed by atoms with Crippen molar-refractivity contribution in [3.8, 4) is 11.5 Å². The van der Waals surface area contributed by atoms with Crippen LogP contribution in [0.4, 0.5) is 5.82 Å². The van der Waals surface area contributed by atoms with E-state index in [9.17, 15) is 4.79 Å². The SMILES string of the molecule is COc1ccc(OC)c(C2C(=Cc3cccc(N4CCN(C)CC4)n3)C(=O)C(C)(C)CN2Cc2ccc(C)cc2)c1. The number of piperidine rings is 1. The summed E-state index contributed by atoms with van der Waals surface area (Å²) in [5.41, 5.74) is 4.24. The number of ketones is 1. The lowest BCUT2D eigenvalue weighted by atomic mass is 9.74. The van der Waals surface area contributed by atoms with Crippen LogP contribution in [-0.2, 0) is 11.3 Å². The summed E-state index contributed by atoms with van der Waals surface area (Å²) in [6, 6.07) is 20.2. The summed E-state index contributed by atoms with van der Waals surface area (Å²) in [5, 5.41) is 0. The van der Waals surface area contributed by atoms with Crippen molar-refractivity contribution >= 4 is 17.7 Å². The van der Waals surface area contributed by atoms with Gasteiger partial charge in [0.1, 0.15) is 17.3 Å². The third-order valence-corrected chi connectivity index (χ3v) is 8.26. The van der Waals surface area contributed by atoms with Crippen molar-refractivity contribution in [1.29, 1.82) is 0 Å². The molecule has 0 aliphatic carbocycles. The van der Waals surface area contributed by atoms with E-state index in [4.69, 9.17) is 14.5 Å². The highest BCUT2D eigenvalue weighted by Gasteiger charge is 2.45. The van der Waals surface area contributed by atoms with Gasteiger partial charge in [0.05, 0.1) is 26.0 Å². The number of Topliss-reactive ketones (excluding diaryl/α,β-unsaturated/α-hetero) is 1. The van der Waals surface area contributed by atoms with Gasteiger partial charge in [0.15, 0.2) is 5.78 Å². The molecule has 3 heterocycles. The smallest absolute Gasteiger partial charge is 0.167 e. The number of likely N-dealkylation sites (N-methyl/N-ethyl adjacent to an activating group) is 1. The van der Waals surface area contributed by atoms with Gasteiger partial charge in [-0.1, -0.05) is 49.7 Å². The van der Waals surface area contributed by atoms with Crippen LogP contribution < -0.4 is 14.4 Å². The average Bonchev–Trinajstić information content (AvgIpc) is 2.97. The molecule has 5 rings (SSSR count). The fourth-order valence-corrected chi connectivity index (χ4v) is 5.91. The molecule has 2 fully saturated rings. The van der Waals surface area contributed by atoms with Crippen molar-refractivity contribution in [3.63, 3.8) is 0 Å². The standard InChI is InChI=1S/C34H42N4O3/c1-24-10-12-25(13-11-24)22-38-23-34(2,3)33(39)29(32(38)28-21-27(40-5)14-15-30(28)41-6)20-26-8-7-9-31(35-26)37-18-16-36(4)17-19-37/h7-15,20-21,32H,16-19,22-23H2,1-6H3. The predicted octanol–water partition coefficient (Wildman–Crippen LogP) is 5.39. The van der Waals surface area contributed by atoms with Gasteiger partial charge in [-0.05, 0) is 55.9 Å². The van der Waals surface area contributed by atoms with Gasteiger partial charge in [0.2, 0.25) is 0 Å². The van der Waals surface area contributed by atoms with Crippen LogP contribution in [0.5, 0.6) is 11.5 Å². The second-order valence-corrected chi connectivity index (χ2v) is 11.9. The number of ether oxygens (including phenoxy) is 2. The highest BCUT2D eigenvalue weighted by Crippen LogP contribution is 2.45. The number of aromatic nitrogens is 1. The first-order valence-corrected chi connectivity index (χ1v) is 14.4. The molecule has 0 N–H and O–H groups in total. The van der Waals surface area contributed by atoms with Gasteiger partial charge in [0.25, 0.3) is 0 Å². The number of aryl methyl sites for hydroxylation is 1. The van der Waals surface area contributed by atoms with Gasteiger partial charge < -0.3 is 19.3 Å². The fourth-order valence-electron chi connectivity index (χ4n) is 5.91. The molecule has 0 bridgehead atoms. The molecule has 7 nitrogen and oxygen atoms in total. The zero-order chi connectivity index (χ0) is 29.1. The maximum absolute atomic E-state index is 14.2. The molecule has 1 unspecified atom stereocenters. The molecule has 2 aromatic carbocycles. The monoisotopic (exact) mass is 554 g/mol. The minimum atomic E-state index is -0.575. The maximum atomic E-state index is 14.2. The van der Waals surface area contributed by atoms with Gasteiger partial charge in [0, 0.05) is 55.8 Å². The number of methoxy groups -OCH3 is 2. The predicted molar refractivity (Wildman–Crippen MR) is 165 cm³/mol. The average molecular weight is 555 g/mol. The van der Waals surface area contributed by atoms with E-state index >= 15 is 0 Å². The molecule has 7 heteroatoms. The van der Waals surface area contributed by atoms with Crippen LogP contribution in [0.25, 0.3) is 6.08 Å². The Labute approximate surface area is 244 Å². The molecule has 0 saturated carbocycles. The van der Waals surface area contributed by atoms with Crippen LogP contribution in [0, 0.1) is 12.3 Å². The number of hydrogen-bond acceptors (Lipinski definition) is 7. The van der Waals surface area contributed by atoms with Crippen molar-refractivity contribution in [1.82, 2.24) is 14.8 Å². The number of pyridine rings is 1. The highest BCUT2D eigenvalue weighted by atomic mass is 16.5. The minimum absolute atomic E-state index is 0.124. The quantitative estimate of drug-likeness (QED) is 0.363. The number of hydrogen-bond donors (Lipinski definition) is 0. The van der Waals surface area contributed by atoms with E-state index in [1.54, 1.807) is 14.2 Å². The summed E-state index contributed by atoms with van der Waals surface area (Å²) in [4.78, 5) is 26.3. The Bertz CT molecular complexity index is 1410. The number of anilines is 1. The second kappa shape index (κ2) is 12.0. The van der Waals surface area contributed by atoms with E-state index in [0.717, 1.165) is 54.8 Å². The molecule has 0 spiro atoms. The summed E-state index contributed by atoms with van der Waals surface area (Å²) < 4.78 is 11.5. The Kier molecular flexibility index (Phi) is 8.47. The van der Waals surface area contributed by atoms with Crippen molar-refractivity contribution in [3.05, 3.63) is 88.6 Å². The summed E-state index contributed by atoms with van der Waals surface area (Å²) in [6.07, 6.45) is 1.99. The van der Waals surface area contributed by atoms with Gasteiger partial charge in [-0.25, -0.2) is 4.98 Å². The Morgan fingerprint density at radius 1 is 0.976 bits per heavy atom. The summed E-state index contributed by atoms with van der Waals surface area (Å²) in [5.74, 6) is 2.52. The minimum Gasteiger partial charge on any atom is -0.497 e. The molecule has 0 amide bonds. The Morgan fingerprint density at radius 3 is 2.39 bits per heavy atom. The van der Waals surface area contributed by atoms with E-state index in [-0.39, 0.29) is 11.8 Å². The third kappa shape index (κ3) is 6.31. The number of nitrogens with zero attached hydrogens (tertiary/aromatic N) is 4. The van der Waals surface area contributed by atoms with Gasteiger partial charge in [-0.15, -0.1) is 0 Å². The normalized spacial score (nSPS) is 20.8. The highest BCUT2D eigenvalue weighted by molar-refractivity contribution is 6.05. The van der Waals surface area contributed by atoms with Crippen LogP contribution in [0.3, 0.4) is 0 Å². The van der Waals surface area contributed by atoms with Gasteiger partial charge in [-0.2, -0.15) is 0 Å². The third-order valence-electron chi connectivity index (χ3n) is 8.26. The molecule has 0 radical (unpaired) electrons. The molecule has 2 aliphatic heterocycles. The fraction of sp³-hybridized carbons (Fsp3) is 0.412. The van der Waals surface area contributed by atoms with E-state index < -0.39 is 5.41 Å². The van der Waals surface area contributed by atoms with Crippen molar-refractivity contribution in [2.75, 3.05) is 58.9 Å². The first-order valence-electron chi connectivity index (χ1n) is 14.4. The van der Waals surface area contributed by atoms with Crippen LogP contribution in [0.1, 0.15) is 42.3 Å². The number of carbonyl (C=O) groups excluding carboxylic acids is 1. The molecule has 41 heavy (non-hydrogen) atoms. The van der Waals surface area contributed by atoms with E-state index in [2.05, 4.69) is 59.0 Å². The molecule has 1 atom stereocenters. The zero-order valence-corrected chi connectivity index (χ0v) is 25.2. The van der Waals surface area contributed by atoms with Crippen molar-refractivity contribution in [2.45, 2.75) is 33.4 Å². The number of likely N-dealkylation sites (tertiary alicyclic amines) is 1. The van der Waals surface area contributed by atoms with Gasteiger partial charge in [-0.3, -0.25) is 9.69 Å². The first kappa shape index (κ1) is 28.8. The lowest BCUT2D eigenvalue weighted by Gasteiger charge is -2.44. The first-order chi connectivity index (χ1) is 19.7. The molecule has 1 aromatic heterocycles. The van der Waals surface area contributed by atoms with Gasteiger partial charge >= 0.3 is 0 Å². The number of benzene rings is 2. The van der Waals surface area contributed by atoms with Crippen molar-refractivity contribution in [2.24, 2.45) is 5.41 Å². The molecular formula is C34H42N4O3. The van der Waals surface area contributed by atoms with E-state index in [0.29, 0.717) is 18.7 Å². The Hall–Kier alpha value is -3.68. The van der Waals surface area contributed by atoms with E-state index in [1.807, 2.05) is 50.3 Å². The summed E-state index contributed by atoms with van der Waals surface area (Å²) in [7, 11) is 5.49. The molecule has 3 aromatic rings. The second-order valence-electron chi connectivity index (χ2n) is 11.9. The summed E-state index contributed by atoms with van der Waals surface area (Å²) in [6.45, 7) is 11.4. The topological polar surface area (TPSA) is 58.1 Å². The number of carbonyl (C=O) groups is 1. The molecule has 2 saturated heterocycles.